The highest BCUT2D eigenvalue weighted by atomic mass is 31.2. The van der Waals surface area contributed by atoms with Gasteiger partial charge < -0.3 is 34.7 Å². The molecule has 250 valence electrons. The molecule has 3 aliphatic rings. The predicted molar refractivity (Wildman–Crippen MR) is 161 cm³/mol. The van der Waals surface area contributed by atoms with Crippen molar-refractivity contribution in [2.75, 3.05) is 12.3 Å². The number of aromatic nitrogens is 3. The van der Waals surface area contributed by atoms with Gasteiger partial charge in [0.05, 0.1) is 18.7 Å². The molecule has 0 spiro atoms. The van der Waals surface area contributed by atoms with Crippen LogP contribution in [0.15, 0.2) is 48.8 Å². The molecule has 1 unspecified atom stereocenters. The van der Waals surface area contributed by atoms with Crippen molar-refractivity contribution in [2.24, 2.45) is 0 Å². The summed E-state index contributed by atoms with van der Waals surface area (Å²) in [6, 6.07) is 11.4. The van der Waals surface area contributed by atoms with E-state index in [1.807, 2.05) is 6.07 Å². The number of nitrogens with one attached hydrogen (secondary N) is 1. The van der Waals surface area contributed by atoms with Crippen LogP contribution in [0.25, 0.3) is 5.52 Å². The number of hydrogen-bond donors (Lipinski definition) is 4. The van der Waals surface area contributed by atoms with Crippen LogP contribution >= 0.6 is 7.75 Å². The molecule has 16 nitrogen and oxygen atoms in total. The lowest BCUT2D eigenvalue weighted by atomic mass is 9.92. The maximum atomic E-state index is 14.3. The van der Waals surface area contributed by atoms with Crippen molar-refractivity contribution in [3.8, 4) is 11.8 Å². The third-order valence-electron chi connectivity index (χ3n) is 8.52. The van der Waals surface area contributed by atoms with Crippen molar-refractivity contribution in [2.45, 2.75) is 87.1 Å². The van der Waals surface area contributed by atoms with Crippen LogP contribution in [-0.2, 0) is 38.5 Å². The third kappa shape index (κ3) is 6.82. The van der Waals surface area contributed by atoms with Gasteiger partial charge in [-0.1, -0.05) is 18.2 Å². The van der Waals surface area contributed by atoms with Gasteiger partial charge in [-0.2, -0.15) is 15.4 Å². The number of aliphatic hydroxyl groups is 2. The molecular weight excluding hydrogens is 635 g/mol. The number of rotatable bonds is 13. The average molecular weight is 671 g/mol. The third-order valence-corrected chi connectivity index (χ3v) is 10.1. The highest BCUT2D eigenvalue weighted by Crippen LogP contribution is 2.47. The van der Waals surface area contributed by atoms with Gasteiger partial charge >= 0.3 is 19.7 Å². The second-order valence-corrected chi connectivity index (χ2v) is 13.4. The van der Waals surface area contributed by atoms with Crippen LogP contribution in [0.3, 0.4) is 0 Å². The number of nitrogens with two attached hydrogens (primary N) is 1. The second kappa shape index (κ2) is 13.6. The van der Waals surface area contributed by atoms with Crippen LogP contribution in [0, 0.1) is 11.3 Å². The van der Waals surface area contributed by atoms with Gasteiger partial charge in [0.2, 0.25) is 5.60 Å². The molecule has 0 radical (unpaired) electrons. The molecule has 1 aromatic carbocycles. The summed E-state index contributed by atoms with van der Waals surface area (Å²) in [5.41, 5.74) is 4.18. The molecule has 2 aliphatic carbocycles. The van der Waals surface area contributed by atoms with E-state index in [1.54, 1.807) is 18.2 Å². The molecule has 47 heavy (non-hydrogen) atoms. The van der Waals surface area contributed by atoms with Gasteiger partial charge in [-0.05, 0) is 62.8 Å². The molecule has 2 aromatic heterocycles. The second-order valence-electron chi connectivity index (χ2n) is 11.7. The van der Waals surface area contributed by atoms with Crippen molar-refractivity contribution in [3.63, 3.8) is 0 Å². The van der Waals surface area contributed by atoms with E-state index >= 15 is 0 Å². The molecule has 3 fully saturated rings. The lowest BCUT2D eigenvalue weighted by molar-refractivity contribution is -0.162. The summed E-state index contributed by atoms with van der Waals surface area (Å²) >= 11 is 0. The van der Waals surface area contributed by atoms with Crippen LogP contribution in [0.2, 0.25) is 0 Å². The smallest absolute Gasteiger partial charge is 0.459 e. The number of anilines is 1. The van der Waals surface area contributed by atoms with Gasteiger partial charge in [0.15, 0.2) is 5.82 Å². The zero-order valence-electron chi connectivity index (χ0n) is 25.2. The number of carbonyl (C=O) groups is 2. The van der Waals surface area contributed by atoms with Gasteiger partial charge in [-0.3, -0.25) is 14.1 Å². The van der Waals surface area contributed by atoms with Crippen molar-refractivity contribution in [1.29, 1.82) is 5.26 Å². The molecule has 6 rings (SSSR count). The SMILES string of the molecule is N#C[C@@]1(c2ccc3c(N)ncnn23)O[C@H](COP(=O)(N[C@@H](CC(=O)OC2CCC2)C(=O)OC2CCC2)Oc2ccccc2)[C@@H](O)[C@H]1O. The molecule has 1 aliphatic heterocycles. The normalized spacial score (nSPS) is 26.4. The lowest BCUT2D eigenvalue weighted by Gasteiger charge is -2.30. The average Bonchev–Trinajstić information content (AvgIpc) is 3.56. The lowest BCUT2D eigenvalue weighted by Crippen LogP contribution is -2.43. The summed E-state index contributed by atoms with van der Waals surface area (Å²) in [6.07, 6.45) is -0.300. The van der Waals surface area contributed by atoms with E-state index in [9.17, 15) is 29.6 Å². The molecule has 1 saturated heterocycles. The number of carbonyl (C=O) groups excluding carboxylic acids is 2. The van der Waals surface area contributed by atoms with Gasteiger partial charge in [0, 0.05) is 0 Å². The van der Waals surface area contributed by atoms with Crippen molar-refractivity contribution >= 4 is 31.0 Å². The van der Waals surface area contributed by atoms with Crippen molar-refractivity contribution in [3.05, 3.63) is 54.5 Å². The monoisotopic (exact) mass is 670 g/mol. The van der Waals surface area contributed by atoms with E-state index in [2.05, 4.69) is 15.2 Å². The number of nitrogen functional groups attached to an aromatic ring is 1. The molecule has 3 heterocycles. The minimum absolute atomic E-state index is 0.0590. The Hall–Kier alpha value is -4.10. The summed E-state index contributed by atoms with van der Waals surface area (Å²) in [5, 5.41) is 39.0. The zero-order chi connectivity index (χ0) is 33.2. The van der Waals surface area contributed by atoms with E-state index in [0.29, 0.717) is 31.2 Å². The van der Waals surface area contributed by atoms with E-state index in [1.165, 1.54) is 28.8 Å². The molecular formula is C30H35N6O10P. The number of ether oxygens (including phenoxy) is 3. The molecule has 17 heteroatoms. The van der Waals surface area contributed by atoms with Crippen LogP contribution in [0.4, 0.5) is 5.82 Å². The Morgan fingerprint density at radius 2 is 1.83 bits per heavy atom. The first-order chi connectivity index (χ1) is 22.6. The van der Waals surface area contributed by atoms with E-state index in [0.717, 1.165) is 19.2 Å². The highest BCUT2D eigenvalue weighted by Gasteiger charge is 2.58. The van der Waals surface area contributed by atoms with Gasteiger partial charge in [-0.15, -0.1) is 0 Å². The molecule has 6 atom stereocenters. The molecule has 5 N–H and O–H groups in total. The van der Waals surface area contributed by atoms with Crippen molar-refractivity contribution < 1.29 is 47.6 Å². The highest BCUT2D eigenvalue weighted by molar-refractivity contribution is 7.52. The van der Waals surface area contributed by atoms with E-state index < -0.39 is 62.7 Å². The summed E-state index contributed by atoms with van der Waals surface area (Å²) in [7, 11) is -4.58. The Morgan fingerprint density at radius 3 is 2.49 bits per heavy atom. The zero-order valence-corrected chi connectivity index (χ0v) is 26.1. The number of nitriles is 1. The first kappa shape index (κ1) is 32.8. The topological polar surface area (TPSA) is 230 Å². The minimum atomic E-state index is -4.58. The first-order valence-corrected chi connectivity index (χ1v) is 16.9. The Balaban J connectivity index is 1.24. The fraction of sp³-hybridized carbons (Fsp3) is 0.500. The Labute approximate surface area is 269 Å². The molecule has 2 saturated carbocycles. The standard InChI is InChI=1S/C30H35N6O10P/c31-16-30(24-13-12-22-28(32)33-17-34-36(22)24)27(39)26(38)23(45-30)15-42-47(41,46-20-6-2-1-3-7-20)35-21(29(40)44-19-10-5-11-19)14-25(37)43-18-8-4-9-18/h1-3,6-7,12-13,17-19,21,23,26-27,38-39H,4-5,8-11,14-15H2,(H,35,41)(H2,32,33,34)/t21-,23+,26+,27+,30-,47?/m0/s1. The Bertz CT molecular complexity index is 1690. The summed E-state index contributed by atoms with van der Waals surface area (Å²) in [4.78, 5) is 29.9. The number of benzene rings is 1. The maximum absolute atomic E-state index is 14.3. The largest absolute Gasteiger partial charge is 0.462 e. The van der Waals surface area contributed by atoms with Crippen LogP contribution < -0.4 is 15.3 Å². The summed E-state index contributed by atoms with van der Waals surface area (Å²) < 4.78 is 44.0. The molecule has 3 aromatic rings. The quantitative estimate of drug-likeness (QED) is 0.150. The summed E-state index contributed by atoms with van der Waals surface area (Å²) in [6.45, 7) is -0.684. The summed E-state index contributed by atoms with van der Waals surface area (Å²) in [5.74, 6) is -1.32. The van der Waals surface area contributed by atoms with E-state index in [4.69, 9.17) is 29.0 Å². The predicted octanol–water partition coefficient (Wildman–Crippen LogP) is 1.89. The number of para-hydroxylation sites is 1. The first-order valence-electron chi connectivity index (χ1n) is 15.3. The van der Waals surface area contributed by atoms with Crippen LogP contribution in [0.1, 0.15) is 50.6 Å². The maximum Gasteiger partial charge on any atom is 0.459 e. The number of hydrogen-bond acceptors (Lipinski definition) is 14. The van der Waals surface area contributed by atoms with Gasteiger partial charge in [0.1, 0.15) is 60.2 Å². The number of nitrogens with zero attached hydrogens (tertiary/aromatic N) is 4. The number of esters is 2. The minimum Gasteiger partial charge on any atom is -0.462 e. The van der Waals surface area contributed by atoms with Crippen molar-refractivity contribution in [1.82, 2.24) is 19.7 Å². The Morgan fingerprint density at radius 1 is 1.13 bits per heavy atom. The fourth-order valence-electron chi connectivity index (χ4n) is 5.43. The fourth-order valence-corrected chi connectivity index (χ4v) is 6.93. The van der Waals surface area contributed by atoms with Crippen LogP contribution in [0.5, 0.6) is 5.75 Å². The molecule has 0 amide bonds. The number of fused-ring (bicyclic) bond motifs is 1. The number of aliphatic hydroxyl groups excluding tert-OH is 2. The van der Waals surface area contributed by atoms with Gasteiger partial charge in [0.25, 0.3) is 0 Å². The molecule has 0 bridgehead atoms. The van der Waals surface area contributed by atoms with Gasteiger partial charge in [-0.25, -0.2) is 14.1 Å². The van der Waals surface area contributed by atoms with E-state index in [-0.39, 0.29) is 29.5 Å². The Kier molecular flexibility index (Phi) is 9.47. The van der Waals surface area contributed by atoms with Crippen LogP contribution in [-0.4, -0.2) is 79.9 Å².